The first kappa shape index (κ1) is 25.3. The van der Waals surface area contributed by atoms with Crippen molar-refractivity contribution in [2.45, 2.75) is 63.0 Å². The van der Waals surface area contributed by atoms with Crippen LogP contribution in [0.25, 0.3) is 0 Å². The van der Waals surface area contributed by atoms with Crippen LogP contribution < -0.4 is 19.8 Å². The van der Waals surface area contributed by atoms with Gasteiger partial charge in [0.15, 0.2) is 0 Å². The molecule has 0 unspecified atom stereocenters. The fourth-order valence-corrected chi connectivity index (χ4v) is 7.19. The molecule has 0 radical (unpaired) electrons. The topological polar surface area (TPSA) is 94.6 Å². The zero-order chi connectivity index (χ0) is 26.7. The lowest BCUT2D eigenvalue weighted by Crippen LogP contribution is -2.56. The van der Waals surface area contributed by atoms with Crippen molar-refractivity contribution >= 4 is 38.9 Å². The van der Waals surface area contributed by atoms with Crippen molar-refractivity contribution in [3.8, 4) is 0 Å². The summed E-state index contributed by atoms with van der Waals surface area (Å²) in [7, 11) is -3.47. The van der Waals surface area contributed by atoms with E-state index in [2.05, 4.69) is 19.9 Å². The maximum absolute atomic E-state index is 13.5. The largest absolute Gasteiger partial charge is 0.371 e. The van der Waals surface area contributed by atoms with Crippen LogP contribution in [-0.2, 0) is 10.0 Å². The van der Waals surface area contributed by atoms with E-state index in [9.17, 15) is 22.0 Å². The van der Waals surface area contributed by atoms with Gasteiger partial charge in [0.1, 0.15) is 11.6 Å². The van der Waals surface area contributed by atoms with E-state index in [-0.39, 0.29) is 17.0 Å². The van der Waals surface area contributed by atoms with E-state index in [0.717, 1.165) is 37.9 Å². The summed E-state index contributed by atoms with van der Waals surface area (Å²) in [4.78, 5) is 21.6. The van der Waals surface area contributed by atoms with Gasteiger partial charge in [-0.15, -0.1) is 0 Å². The lowest BCUT2D eigenvalue weighted by Gasteiger charge is -2.39. The van der Waals surface area contributed by atoms with Crippen LogP contribution in [0.5, 0.6) is 0 Å². The predicted molar refractivity (Wildman–Crippen MR) is 144 cm³/mol. The fraction of sp³-hybridized carbons (Fsp3) is 0.556. The second kappa shape index (κ2) is 9.07. The van der Waals surface area contributed by atoms with Gasteiger partial charge in [0.2, 0.25) is 10.0 Å². The first-order valence-electron chi connectivity index (χ1n) is 13.3. The van der Waals surface area contributed by atoms with E-state index in [1.807, 2.05) is 6.92 Å². The SMILES string of the molecule is Cc1cc(NC(=O)c2ccc(NS(=O)(=O)C3CCC3)cc2N2CCC3(CC2)CC3)nc(N2CC(F)(F)C2)c1. The first-order valence-corrected chi connectivity index (χ1v) is 14.9. The molecule has 2 aliphatic carbocycles. The molecule has 4 fully saturated rings. The molecule has 204 valence electrons. The van der Waals surface area contributed by atoms with Gasteiger partial charge >= 0.3 is 0 Å². The summed E-state index contributed by atoms with van der Waals surface area (Å²) in [5.74, 6) is -2.41. The van der Waals surface area contributed by atoms with Crippen LogP contribution in [-0.4, -0.2) is 56.7 Å². The Morgan fingerprint density at radius 3 is 2.34 bits per heavy atom. The van der Waals surface area contributed by atoms with E-state index in [0.29, 0.717) is 41.0 Å². The van der Waals surface area contributed by atoms with Crippen molar-refractivity contribution in [2.75, 3.05) is 46.0 Å². The number of hydrogen-bond acceptors (Lipinski definition) is 6. The molecule has 1 aromatic heterocycles. The van der Waals surface area contributed by atoms with Crippen LogP contribution in [0.15, 0.2) is 30.3 Å². The molecule has 3 heterocycles. The van der Waals surface area contributed by atoms with E-state index >= 15 is 0 Å². The summed E-state index contributed by atoms with van der Waals surface area (Å²) in [6.07, 6.45) is 6.85. The van der Waals surface area contributed by atoms with Gasteiger partial charge in [-0.3, -0.25) is 9.52 Å². The number of carbonyl (C=O) groups excluding carboxylic acids is 1. The van der Waals surface area contributed by atoms with Crippen molar-refractivity contribution in [3.05, 3.63) is 41.5 Å². The normalized spacial score (nSPS) is 22.0. The zero-order valence-electron chi connectivity index (χ0n) is 21.5. The predicted octanol–water partition coefficient (Wildman–Crippen LogP) is 4.77. The number of halogens is 2. The monoisotopic (exact) mass is 545 g/mol. The number of nitrogens with zero attached hydrogens (tertiary/aromatic N) is 3. The summed E-state index contributed by atoms with van der Waals surface area (Å²) >= 11 is 0. The number of alkyl halides is 2. The molecule has 1 amide bonds. The molecular weight excluding hydrogens is 512 g/mol. The molecule has 2 aromatic rings. The second-order valence-corrected chi connectivity index (χ2v) is 13.4. The number of sulfonamides is 1. The summed E-state index contributed by atoms with van der Waals surface area (Å²) in [5.41, 5.74) is 2.79. The van der Waals surface area contributed by atoms with Crippen LogP contribution in [0.1, 0.15) is 60.9 Å². The molecule has 2 saturated carbocycles. The van der Waals surface area contributed by atoms with Crippen LogP contribution >= 0.6 is 0 Å². The number of pyridine rings is 1. The molecule has 2 aliphatic heterocycles. The highest BCUT2D eigenvalue weighted by Crippen LogP contribution is 2.54. The highest BCUT2D eigenvalue weighted by Gasteiger charge is 2.45. The first-order chi connectivity index (χ1) is 18.0. The third kappa shape index (κ3) is 5.04. The molecule has 1 aromatic carbocycles. The molecule has 0 atom stereocenters. The number of anilines is 4. The van der Waals surface area contributed by atoms with Gasteiger partial charge in [0, 0.05) is 13.1 Å². The molecule has 1 spiro atoms. The maximum atomic E-state index is 13.5. The maximum Gasteiger partial charge on any atom is 0.282 e. The average molecular weight is 546 g/mol. The Kier molecular flexibility index (Phi) is 6.04. The summed E-state index contributed by atoms with van der Waals surface area (Å²) in [6, 6.07) is 8.46. The van der Waals surface area contributed by atoms with Gasteiger partial charge in [-0.2, -0.15) is 0 Å². The number of piperidine rings is 1. The molecule has 8 nitrogen and oxygen atoms in total. The Morgan fingerprint density at radius 2 is 1.74 bits per heavy atom. The third-order valence-electron chi connectivity index (χ3n) is 8.48. The van der Waals surface area contributed by atoms with Crippen LogP contribution in [0, 0.1) is 12.3 Å². The Balaban J connectivity index is 1.25. The molecule has 4 aliphatic rings. The van der Waals surface area contributed by atoms with Crippen molar-refractivity contribution in [1.82, 2.24) is 4.98 Å². The van der Waals surface area contributed by atoms with Gasteiger partial charge in [-0.25, -0.2) is 22.2 Å². The van der Waals surface area contributed by atoms with Gasteiger partial charge in [-0.05, 0) is 86.8 Å². The quantitative estimate of drug-likeness (QED) is 0.521. The van der Waals surface area contributed by atoms with E-state index in [1.165, 1.54) is 17.7 Å². The highest BCUT2D eigenvalue weighted by atomic mass is 32.2. The van der Waals surface area contributed by atoms with Crippen molar-refractivity contribution in [3.63, 3.8) is 0 Å². The Morgan fingerprint density at radius 1 is 1.03 bits per heavy atom. The molecule has 0 bridgehead atoms. The minimum absolute atomic E-state index is 0.288. The molecule has 38 heavy (non-hydrogen) atoms. The van der Waals surface area contributed by atoms with Crippen molar-refractivity contribution < 1.29 is 22.0 Å². The number of carbonyl (C=O) groups is 1. The van der Waals surface area contributed by atoms with Gasteiger partial charge < -0.3 is 15.1 Å². The lowest BCUT2D eigenvalue weighted by atomic mass is 9.93. The Hall–Kier alpha value is -2.95. The standard InChI is InChI=1S/C27H33F2N5O3S/c1-18-13-23(30-24(14-18)34-16-27(28,29)17-34)31-25(35)21-6-5-19(32-38(36,37)20-3-2-4-20)15-22(21)33-11-9-26(7-8-26)10-12-33/h5-6,13-15,20,32H,2-4,7-12,16-17H2,1H3,(H,30,31,35). The Labute approximate surface area is 221 Å². The minimum atomic E-state index is -3.47. The number of aryl methyl sites for hydroxylation is 1. The summed E-state index contributed by atoms with van der Waals surface area (Å²) < 4.78 is 55.0. The molecule has 2 saturated heterocycles. The number of benzene rings is 1. The van der Waals surface area contributed by atoms with Crippen LogP contribution in [0.3, 0.4) is 0 Å². The summed E-state index contributed by atoms with van der Waals surface area (Å²) in [5, 5.41) is 2.48. The minimum Gasteiger partial charge on any atom is -0.371 e. The van der Waals surface area contributed by atoms with Gasteiger partial charge in [0.25, 0.3) is 11.8 Å². The second-order valence-electron chi connectivity index (χ2n) is 11.5. The number of rotatable bonds is 7. The molecule has 11 heteroatoms. The fourth-order valence-electron chi connectivity index (χ4n) is 5.61. The highest BCUT2D eigenvalue weighted by molar-refractivity contribution is 7.93. The number of nitrogens with one attached hydrogen (secondary N) is 2. The number of aromatic nitrogens is 1. The van der Waals surface area contributed by atoms with Crippen molar-refractivity contribution in [2.24, 2.45) is 5.41 Å². The Bertz CT molecular complexity index is 1360. The zero-order valence-corrected chi connectivity index (χ0v) is 22.3. The molecular formula is C27H33F2N5O3S. The van der Waals surface area contributed by atoms with Gasteiger partial charge in [-0.1, -0.05) is 6.42 Å². The van der Waals surface area contributed by atoms with E-state index in [1.54, 1.807) is 30.3 Å². The third-order valence-corrected chi connectivity index (χ3v) is 10.4. The number of hydrogen-bond donors (Lipinski definition) is 2. The van der Waals surface area contributed by atoms with Crippen molar-refractivity contribution in [1.29, 1.82) is 0 Å². The van der Waals surface area contributed by atoms with E-state index in [4.69, 9.17) is 0 Å². The van der Waals surface area contributed by atoms with E-state index < -0.39 is 29.0 Å². The summed E-state index contributed by atoms with van der Waals surface area (Å²) in [6.45, 7) is 2.64. The molecule has 2 N–H and O–H groups in total. The molecule has 6 rings (SSSR count). The number of amides is 1. The van der Waals surface area contributed by atoms with Crippen LogP contribution in [0.4, 0.5) is 31.8 Å². The smallest absolute Gasteiger partial charge is 0.282 e. The lowest BCUT2D eigenvalue weighted by molar-refractivity contribution is -0.0267. The van der Waals surface area contributed by atoms with Gasteiger partial charge in [0.05, 0.1) is 35.3 Å². The van der Waals surface area contributed by atoms with Crippen LogP contribution in [0.2, 0.25) is 0 Å². The average Bonchev–Trinajstić information content (AvgIpc) is 3.54.